The van der Waals surface area contributed by atoms with Gasteiger partial charge in [-0.1, -0.05) is 15.9 Å². The Morgan fingerprint density at radius 3 is 2.78 bits per heavy atom. The molecular weight excluding hydrogens is 362 g/mol. The number of aryl methyl sites for hydroxylation is 1. The zero-order chi connectivity index (χ0) is 13.1. The Labute approximate surface area is 122 Å². The zero-order valence-electron chi connectivity index (χ0n) is 9.65. The fourth-order valence-corrected chi connectivity index (χ4v) is 2.74. The Morgan fingerprint density at radius 2 is 2.17 bits per heavy atom. The number of benzene rings is 1. The van der Waals surface area contributed by atoms with Crippen LogP contribution in [0, 0.1) is 0 Å². The molecule has 0 saturated carbocycles. The Bertz CT molecular complexity index is 580. The molecule has 18 heavy (non-hydrogen) atoms. The van der Waals surface area contributed by atoms with Crippen LogP contribution in [-0.2, 0) is 13.6 Å². The lowest BCUT2D eigenvalue weighted by Crippen LogP contribution is -2.24. The summed E-state index contributed by atoms with van der Waals surface area (Å²) in [5, 5.41) is 6.90. The van der Waals surface area contributed by atoms with Crippen molar-refractivity contribution in [1.82, 2.24) is 15.1 Å². The minimum atomic E-state index is -0.115. The van der Waals surface area contributed by atoms with Crippen molar-refractivity contribution in [2.45, 2.75) is 6.54 Å². The number of nitrogens with one attached hydrogen (secondary N) is 1. The Hall–Kier alpha value is -1.14. The third kappa shape index (κ3) is 3.00. The van der Waals surface area contributed by atoms with Gasteiger partial charge in [0.1, 0.15) is 0 Å². The van der Waals surface area contributed by atoms with Gasteiger partial charge in [0.25, 0.3) is 5.91 Å². The van der Waals surface area contributed by atoms with E-state index in [4.69, 9.17) is 0 Å². The van der Waals surface area contributed by atoms with Crippen molar-refractivity contribution >= 4 is 37.8 Å². The van der Waals surface area contributed by atoms with Gasteiger partial charge >= 0.3 is 0 Å². The number of rotatable bonds is 3. The van der Waals surface area contributed by atoms with Gasteiger partial charge < -0.3 is 5.32 Å². The number of amides is 1. The lowest BCUT2D eigenvalue weighted by Gasteiger charge is -2.07. The van der Waals surface area contributed by atoms with Crippen LogP contribution in [0.3, 0.4) is 0 Å². The number of carbonyl (C=O) groups excluding carboxylic acids is 1. The summed E-state index contributed by atoms with van der Waals surface area (Å²) in [5.74, 6) is -0.115. The maximum atomic E-state index is 12.0. The van der Waals surface area contributed by atoms with E-state index in [1.807, 2.05) is 25.2 Å². The second-order valence-corrected chi connectivity index (χ2v) is 5.52. The first-order valence-electron chi connectivity index (χ1n) is 5.28. The van der Waals surface area contributed by atoms with E-state index in [2.05, 4.69) is 42.3 Å². The summed E-state index contributed by atoms with van der Waals surface area (Å²) >= 11 is 6.72. The zero-order valence-corrected chi connectivity index (χ0v) is 12.8. The molecule has 1 heterocycles. The van der Waals surface area contributed by atoms with Gasteiger partial charge in [-0.3, -0.25) is 9.48 Å². The maximum absolute atomic E-state index is 12.0. The molecule has 1 amide bonds. The van der Waals surface area contributed by atoms with Crippen LogP contribution >= 0.6 is 31.9 Å². The van der Waals surface area contributed by atoms with Gasteiger partial charge in [0.05, 0.1) is 17.8 Å². The van der Waals surface area contributed by atoms with Crippen molar-refractivity contribution in [1.29, 1.82) is 0 Å². The number of aromatic nitrogens is 2. The van der Waals surface area contributed by atoms with Gasteiger partial charge in [-0.2, -0.15) is 5.10 Å². The molecule has 0 bridgehead atoms. The number of nitrogens with zero attached hydrogens (tertiary/aromatic N) is 2. The van der Waals surface area contributed by atoms with Crippen LogP contribution in [0.25, 0.3) is 0 Å². The molecule has 1 aromatic carbocycles. The van der Waals surface area contributed by atoms with Gasteiger partial charge in [0.2, 0.25) is 0 Å². The standard InChI is InChI=1S/C12H11Br2N3O/c1-17-9(4-5-16-17)7-15-12(18)10-3-2-8(13)6-11(10)14/h2-6H,7H2,1H3,(H,15,18). The highest BCUT2D eigenvalue weighted by atomic mass is 79.9. The molecule has 6 heteroatoms. The highest BCUT2D eigenvalue weighted by Crippen LogP contribution is 2.21. The monoisotopic (exact) mass is 371 g/mol. The fraction of sp³-hybridized carbons (Fsp3) is 0.167. The molecule has 2 rings (SSSR count). The predicted molar refractivity (Wildman–Crippen MR) is 76.2 cm³/mol. The van der Waals surface area contributed by atoms with Gasteiger partial charge in [0.15, 0.2) is 0 Å². The van der Waals surface area contributed by atoms with E-state index in [1.54, 1.807) is 16.9 Å². The van der Waals surface area contributed by atoms with Gasteiger partial charge in [-0.05, 0) is 40.2 Å². The molecular formula is C12H11Br2N3O. The molecule has 0 unspecified atom stereocenters. The number of hydrogen-bond donors (Lipinski definition) is 1. The van der Waals surface area contributed by atoms with Crippen molar-refractivity contribution < 1.29 is 4.79 Å². The quantitative estimate of drug-likeness (QED) is 0.900. The largest absolute Gasteiger partial charge is 0.346 e. The van der Waals surface area contributed by atoms with Crippen molar-refractivity contribution in [3.05, 3.63) is 50.7 Å². The highest BCUT2D eigenvalue weighted by molar-refractivity contribution is 9.11. The number of carbonyl (C=O) groups is 1. The van der Waals surface area contributed by atoms with E-state index in [1.165, 1.54) is 0 Å². The summed E-state index contributed by atoms with van der Waals surface area (Å²) in [7, 11) is 1.84. The third-order valence-electron chi connectivity index (χ3n) is 2.53. The molecule has 1 aromatic heterocycles. The molecule has 0 aliphatic rings. The van der Waals surface area contributed by atoms with Gasteiger partial charge in [-0.15, -0.1) is 0 Å². The summed E-state index contributed by atoms with van der Waals surface area (Å²) in [6.45, 7) is 0.456. The normalized spacial score (nSPS) is 10.4. The van der Waals surface area contributed by atoms with Gasteiger partial charge in [-0.25, -0.2) is 0 Å². The summed E-state index contributed by atoms with van der Waals surface area (Å²) in [5.41, 5.74) is 1.57. The maximum Gasteiger partial charge on any atom is 0.252 e. The van der Waals surface area contributed by atoms with E-state index < -0.39 is 0 Å². The molecule has 94 valence electrons. The summed E-state index contributed by atoms with van der Waals surface area (Å²) < 4.78 is 3.42. The van der Waals surface area contributed by atoms with Crippen molar-refractivity contribution in [2.24, 2.45) is 7.05 Å². The second-order valence-electron chi connectivity index (χ2n) is 3.75. The Balaban J connectivity index is 2.06. The van der Waals surface area contributed by atoms with Crippen LogP contribution in [0.1, 0.15) is 16.1 Å². The van der Waals surface area contributed by atoms with Gasteiger partial charge in [0, 0.05) is 22.2 Å². The minimum Gasteiger partial charge on any atom is -0.346 e. The Kier molecular flexibility index (Phi) is 4.19. The average molecular weight is 373 g/mol. The highest BCUT2D eigenvalue weighted by Gasteiger charge is 2.10. The Morgan fingerprint density at radius 1 is 1.39 bits per heavy atom. The van der Waals surface area contributed by atoms with E-state index in [0.717, 1.165) is 14.6 Å². The first-order chi connectivity index (χ1) is 8.58. The molecule has 0 aliphatic heterocycles. The predicted octanol–water partition coefficient (Wildman–Crippen LogP) is 2.88. The van der Waals surface area contributed by atoms with Crippen LogP contribution in [0.5, 0.6) is 0 Å². The first-order valence-corrected chi connectivity index (χ1v) is 6.86. The molecule has 2 aromatic rings. The van der Waals surface area contributed by atoms with Crippen LogP contribution in [0.15, 0.2) is 39.4 Å². The molecule has 0 radical (unpaired) electrons. The first kappa shape index (κ1) is 13.3. The summed E-state index contributed by atoms with van der Waals surface area (Å²) in [6.07, 6.45) is 1.71. The van der Waals surface area contributed by atoms with E-state index in [-0.39, 0.29) is 5.91 Å². The number of hydrogen-bond acceptors (Lipinski definition) is 2. The second kappa shape index (κ2) is 5.67. The van der Waals surface area contributed by atoms with E-state index in [0.29, 0.717) is 12.1 Å². The SMILES string of the molecule is Cn1nccc1CNC(=O)c1ccc(Br)cc1Br. The molecule has 4 nitrogen and oxygen atoms in total. The lowest BCUT2D eigenvalue weighted by atomic mass is 10.2. The molecule has 0 spiro atoms. The minimum absolute atomic E-state index is 0.115. The van der Waals surface area contributed by atoms with Crippen LogP contribution < -0.4 is 5.32 Å². The molecule has 0 fully saturated rings. The smallest absolute Gasteiger partial charge is 0.252 e. The molecule has 0 atom stereocenters. The molecule has 0 saturated heterocycles. The topological polar surface area (TPSA) is 46.9 Å². The fourth-order valence-electron chi connectivity index (χ4n) is 1.51. The van der Waals surface area contributed by atoms with E-state index >= 15 is 0 Å². The van der Waals surface area contributed by atoms with Crippen LogP contribution in [0.4, 0.5) is 0 Å². The van der Waals surface area contributed by atoms with Crippen LogP contribution in [-0.4, -0.2) is 15.7 Å². The van der Waals surface area contributed by atoms with E-state index in [9.17, 15) is 4.79 Å². The average Bonchev–Trinajstić information content (AvgIpc) is 2.72. The summed E-state index contributed by atoms with van der Waals surface area (Å²) in [6, 6.07) is 7.33. The molecule has 0 aliphatic carbocycles. The van der Waals surface area contributed by atoms with Crippen LogP contribution in [0.2, 0.25) is 0 Å². The summed E-state index contributed by atoms with van der Waals surface area (Å²) in [4.78, 5) is 12.0. The lowest BCUT2D eigenvalue weighted by molar-refractivity contribution is 0.0949. The third-order valence-corrected chi connectivity index (χ3v) is 3.68. The molecule has 1 N–H and O–H groups in total. The number of halogens is 2. The van der Waals surface area contributed by atoms with Crippen molar-refractivity contribution in [3.63, 3.8) is 0 Å². The van der Waals surface area contributed by atoms with Crippen molar-refractivity contribution in [2.75, 3.05) is 0 Å². The van der Waals surface area contributed by atoms with Crippen molar-refractivity contribution in [3.8, 4) is 0 Å².